The molecule has 0 unspecified atom stereocenters. The maximum atomic E-state index is 12.8. The van der Waals surface area contributed by atoms with E-state index in [0.717, 1.165) is 52.7 Å². The monoisotopic (exact) mass is 418 g/mol. The molecule has 5 rings (SSSR count). The van der Waals surface area contributed by atoms with Crippen LogP contribution < -0.4 is 10.6 Å². The third-order valence-electron chi connectivity index (χ3n) is 5.47. The summed E-state index contributed by atoms with van der Waals surface area (Å²) in [6.45, 7) is 2.02. The zero-order valence-corrected chi connectivity index (χ0v) is 17.4. The van der Waals surface area contributed by atoms with Crippen LogP contribution in [0.5, 0.6) is 0 Å². The predicted molar refractivity (Wildman–Crippen MR) is 120 cm³/mol. The number of pyridine rings is 1. The van der Waals surface area contributed by atoms with E-state index in [0.29, 0.717) is 10.7 Å². The van der Waals surface area contributed by atoms with Crippen molar-refractivity contribution in [1.82, 2.24) is 25.2 Å². The Kier molecular flexibility index (Phi) is 5.02. The molecular weight excluding hydrogens is 396 g/mol. The van der Waals surface area contributed by atoms with Crippen LogP contribution in [0, 0.1) is 0 Å². The molecule has 7 nitrogen and oxygen atoms in total. The van der Waals surface area contributed by atoms with Crippen LogP contribution in [0.3, 0.4) is 0 Å². The van der Waals surface area contributed by atoms with Gasteiger partial charge in [-0.15, -0.1) is 11.3 Å². The molecule has 1 aliphatic rings. The highest BCUT2D eigenvalue weighted by Gasteiger charge is 2.21. The molecule has 30 heavy (non-hydrogen) atoms. The highest BCUT2D eigenvalue weighted by Crippen LogP contribution is 2.30. The Hall–Kier alpha value is -3.10. The molecule has 2 N–H and O–H groups in total. The summed E-state index contributed by atoms with van der Waals surface area (Å²) in [6.07, 6.45) is 5.28. The molecule has 0 saturated carbocycles. The fraction of sp³-hybridized carbons (Fsp3) is 0.273. The number of carbonyl (C=O) groups excluding carboxylic acids is 1. The summed E-state index contributed by atoms with van der Waals surface area (Å²) in [5.74, 6) is 0.660. The fourth-order valence-corrected chi connectivity index (χ4v) is 4.67. The van der Waals surface area contributed by atoms with E-state index in [9.17, 15) is 4.79 Å². The van der Waals surface area contributed by atoms with E-state index in [1.807, 2.05) is 36.4 Å². The van der Waals surface area contributed by atoms with Crippen LogP contribution >= 0.6 is 11.3 Å². The summed E-state index contributed by atoms with van der Waals surface area (Å²) in [6, 6.07) is 12.1. The van der Waals surface area contributed by atoms with Gasteiger partial charge in [0.15, 0.2) is 0 Å². The van der Waals surface area contributed by atoms with Crippen LogP contribution in [0.2, 0.25) is 0 Å². The Balaban J connectivity index is 1.38. The van der Waals surface area contributed by atoms with Gasteiger partial charge in [-0.2, -0.15) is 0 Å². The number of nitrogens with one attached hydrogen (secondary N) is 2. The average Bonchev–Trinajstić information content (AvgIpc) is 3.21. The number of likely N-dealkylation sites (tertiary alicyclic amines) is 1. The average molecular weight is 419 g/mol. The first-order valence-corrected chi connectivity index (χ1v) is 10.8. The van der Waals surface area contributed by atoms with Gasteiger partial charge in [0, 0.05) is 23.3 Å². The number of hydrogen-bond donors (Lipinski definition) is 2. The second kappa shape index (κ2) is 7.97. The highest BCUT2D eigenvalue weighted by atomic mass is 32.1. The van der Waals surface area contributed by atoms with Gasteiger partial charge in [-0.25, -0.2) is 9.97 Å². The molecule has 0 bridgehead atoms. The molecule has 1 aromatic carbocycles. The van der Waals surface area contributed by atoms with Crippen LogP contribution in [-0.2, 0) is 0 Å². The van der Waals surface area contributed by atoms with Gasteiger partial charge in [0.05, 0.1) is 15.8 Å². The summed E-state index contributed by atoms with van der Waals surface area (Å²) in [7, 11) is 2.11. The minimum absolute atomic E-state index is 0.0321. The smallest absolute Gasteiger partial charge is 0.261 e. The maximum Gasteiger partial charge on any atom is 0.261 e. The minimum Gasteiger partial charge on any atom is -0.349 e. The molecule has 0 radical (unpaired) electrons. The summed E-state index contributed by atoms with van der Waals surface area (Å²) in [5.41, 5.74) is 1.86. The van der Waals surface area contributed by atoms with Crippen molar-refractivity contribution < 1.29 is 4.79 Å². The molecule has 0 spiro atoms. The Morgan fingerprint density at radius 3 is 2.87 bits per heavy atom. The number of rotatable bonds is 4. The number of amides is 1. The quantitative estimate of drug-likeness (QED) is 0.524. The molecule has 8 heteroatoms. The van der Waals surface area contributed by atoms with Gasteiger partial charge in [0.1, 0.15) is 17.0 Å². The van der Waals surface area contributed by atoms with Gasteiger partial charge in [-0.3, -0.25) is 9.78 Å². The van der Waals surface area contributed by atoms with Crippen molar-refractivity contribution in [1.29, 1.82) is 0 Å². The van der Waals surface area contributed by atoms with Crippen molar-refractivity contribution >= 4 is 49.9 Å². The topological polar surface area (TPSA) is 83.0 Å². The summed E-state index contributed by atoms with van der Waals surface area (Å²) < 4.78 is 0. The first kappa shape index (κ1) is 18.9. The van der Waals surface area contributed by atoms with Gasteiger partial charge in [-0.1, -0.05) is 6.07 Å². The Bertz CT molecular complexity index is 1210. The fourth-order valence-electron chi connectivity index (χ4n) is 3.77. The predicted octanol–water partition coefficient (Wildman–Crippen LogP) is 3.81. The molecule has 0 aliphatic carbocycles. The Morgan fingerprint density at radius 1 is 1.13 bits per heavy atom. The molecule has 1 amide bonds. The molecule has 152 valence electrons. The number of carbonyl (C=O) groups is 1. The van der Waals surface area contributed by atoms with Crippen molar-refractivity contribution in [3.8, 4) is 0 Å². The Labute approximate surface area is 178 Å². The first-order valence-electron chi connectivity index (χ1n) is 10.0. The third kappa shape index (κ3) is 3.83. The molecule has 1 fully saturated rings. The Morgan fingerprint density at radius 2 is 2.00 bits per heavy atom. The summed E-state index contributed by atoms with van der Waals surface area (Å²) in [5, 5.41) is 8.44. The highest BCUT2D eigenvalue weighted by molar-refractivity contribution is 7.20. The van der Waals surface area contributed by atoms with Crippen molar-refractivity contribution in [2.75, 3.05) is 25.5 Å². The number of thiophene rings is 1. The van der Waals surface area contributed by atoms with Crippen molar-refractivity contribution in [3.63, 3.8) is 0 Å². The van der Waals surface area contributed by atoms with Crippen molar-refractivity contribution in [2.24, 2.45) is 0 Å². The van der Waals surface area contributed by atoms with Crippen molar-refractivity contribution in [2.45, 2.75) is 18.9 Å². The first-order chi connectivity index (χ1) is 14.7. The van der Waals surface area contributed by atoms with Crippen molar-refractivity contribution in [3.05, 3.63) is 53.8 Å². The van der Waals surface area contributed by atoms with E-state index in [1.165, 1.54) is 17.7 Å². The van der Waals surface area contributed by atoms with E-state index >= 15 is 0 Å². The second-order valence-electron chi connectivity index (χ2n) is 7.64. The number of benzene rings is 1. The summed E-state index contributed by atoms with van der Waals surface area (Å²) >= 11 is 1.40. The molecule has 0 atom stereocenters. The molecular formula is C22H22N6OS. The van der Waals surface area contributed by atoms with Crippen LogP contribution in [0.25, 0.3) is 21.1 Å². The maximum absolute atomic E-state index is 12.8. The van der Waals surface area contributed by atoms with Gasteiger partial charge in [0.2, 0.25) is 0 Å². The van der Waals surface area contributed by atoms with E-state index in [1.54, 1.807) is 6.20 Å². The molecule has 4 aromatic rings. The summed E-state index contributed by atoms with van der Waals surface area (Å²) in [4.78, 5) is 29.7. The van der Waals surface area contributed by atoms with Gasteiger partial charge in [0.25, 0.3) is 5.91 Å². The van der Waals surface area contributed by atoms with Crippen LogP contribution in [0.1, 0.15) is 22.5 Å². The van der Waals surface area contributed by atoms with Gasteiger partial charge >= 0.3 is 0 Å². The number of nitrogens with zero attached hydrogens (tertiary/aromatic N) is 4. The largest absolute Gasteiger partial charge is 0.349 e. The van der Waals surface area contributed by atoms with E-state index in [2.05, 4.69) is 37.5 Å². The molecule has 3 aromatic heterocycles. The second-order valence-corrected chi connectivity index (χ2v) is 8.67. The van der Waals surface area contributed by atoms with E-state index in [4.69, 9.17) is 0 Å². The lowest BCUT2D eigenvalue weighted by Gasteiger charge is -2.29. The lowest BCUT2D eigenvalue weighted by atomic mass is 10.1. The number of hydrogen-bond acceptors (Lipinski definition) is 7. The molecule has 1 aliphatic heterocycles. The lowest BCUT2D eigenvalue weighted by molar-refractivity contribution is 0.0921. The normalized spacial score (nSPS) is 15.5. The standard InChI is InChI=1S/C22H22N6OS/c1-28-9-6-15(7-10-28)27-21(29)19-12-17-20(24-13-25-22(17)30-19)26-16-4-5-18-14(11-16)3-2-8-23-18/h2-5,8,11-13,15H,6-7,9-10H2,1H3,(H,27,29)(H,24,25,26). The SMILES string of the molecule is CN1CCC(NC(=O)c2cc3c(Nc4ccc5ncccc5c4)ncnc3s2)CC1. The number of fused-ring (bicyclic) bond motifs is 2. The molecule has 4 heterocycles. The van der Waals surface area contributed by atoms with Gasteiger partial charge in [-0.05, 0) is 63.3 Å². The van der Waals surface area contributed by atoms with Crippen LogP contribution in [0.4, 0.5) is 11.5 Å². The minimum atomic E-state index is -0.0321. The molecule has 1 saturated heterocycles. The van der Waals surface area contributed by atoms with Crippen LogP contribution in [-0.4, -0.2) is 51.9 Å². The lowest BCUT2D eigenvalue weighted by Crippen LogP contribution is -2.43. The number of anilines is 2. The van der Waals surface area contributed by atoms with E-state index in [-0.39, 0.29) is 11.9 Å². The number of piperidine rings is 1. The van der Waals surface area contributed by atoms with Crippen LogP contribution in [0.15, 0.2) is 48.9 Å². The zero-order valence-electron chi connectivity index (χ0n) is 16.6. The number of aromatic nitrogens is 3. The van der Waals surface area contributed by atoms with E-state index < -0.39 is 0 Å². The zero-order chi connectivity index (χ0) is 20.5. The third-order valence-corrected chi connectivity index (χ3v) is 6.51. The van der Waals surface area contributed by atoms with Gasteiger partial charge < -0.3 is 15.5 Å².